The highest BCUT2D eigenvalue weighted by atomic mass is 28.4. The van der Waals surface area contributed by atoms with Crippen molar-refractivity contribution in [1.82, 2.24) is 5.32 Å². The Morgan fingerprint density at radius 3 is 1.79 bits per heavy atom. The van der Waals surface area contributed by atoms with Crippen molar-refractivity contribution in [3.05, 3.63) is 0 Å². The van der Waals surface area contributed by atoms with Crippen molar-refractivity contribution in [3.63, 3.8) is 0 Å². The molecule has 1 fully saturated rings. The van der Waals surface area contributed by atoms with Crippen LogP contribution in [0.2, 0.25) is 11.6 Å². The van der Waals surface area contributed by atoms with Gasteiger partial charge in [-0.15, -0.1) is 0 Å². The van der Waals surface area contributed by atoms with E-state index in [1.165, 1.54) is 32.1 Å². The second kappa shape index (κ2) is 17.5. The van der Waals surface area contributed by atoms with Gasteiger partial charge in [-0.25, -0.2) is 0 Å². The van der Waals surface area contributed by atoms with Crippen LogP contribution < -0.4 is 11.1 Å². The van der Waals surface area contributed by atoms with Gasteiger partial charge in [-0.1, -0.05) is 40.0 Å². The normalized spacial score (nSPS) is 16.9. The molecular weight excluding hydrogens is 456 g/mol. The number of nitrogens with two attached hydrogens (primary N) is 1. The highest BCUT2D eigenvalue weighted by Crippen LogP contribution is 2.37. The predicted molar refractivity (Wildman–Crippen MR) is 139 cm³/mol. The zero-order chi connectivity index (χ0) is 25.4. The topological polar surface area (TPSA) is 93.4 Å². The molecule has 33 heavy (non-hydrogen) atoms. The molecule has 0 spiro atoms. The molecule has 3 N–H and O–H groups in total. The molecule has 1 aliphatic rings. The first-order valence-electron chi connectivity index (χ1n) is 12.4. The Morgan fingerprint density at radius 1 is 0.879 bits per heavy atom. The molecule has 1 unspecified atom stereocenters. The second-order valence-electron chi connectivity index (χ2n) is 9.58. The maximum Gasteiger partial charge on any atom is 0.503 e. The van der Waals surface area contributed by atoms with Crippen molar-refractivity contribution >= 4 is 17.6 Å². The van der Waals surface area contributed by atoms with Crippen molar-refractivity contribution in [3.8, 4) is 0 Å². The van der Waals surface area contributed by atoms with E-state index in [1.54, 1.807) is 42.7 Å². The SMILES string of the molecule is CCC(CC(C)(C)CN)[Si](OC)(OC)OC.CO[Si](CCCNC1CCCCC1)(OC)OC. The van der Waals surface area contributed by atoms with Crippen molar-refractivity contribution in [2.75, 3.05) is 55.7 Å². The summed E-state index contributed by atoms with van der Waals surface area (Å²) in [5, 5.41) is 3.62. The minimum absolute atomic E-state index is 0.0918. The molecule has 1 aliphatic carbocycles. The van der Waals surface area contributed by atoms with Gasteiger partial charge in [0, 0.05) is 60.3 Å². The number of hydrogen-bond donors (Lipinski definition) is 2. The molecule has 1 atom stereocenters. The summed E-state index contributed by atoms with van der Waals surface area (Å²) in [5.41, 5.74) is 6.16. The summed E-state index contributed by atoms with van der Waals surface area (Å²) in [5.74, 6) is 0. The molecule has 0 amide bonds. The lowest BCUT2D eigenvalue weighted by molar-refractivity contribution is 0.101. The van der Waals surface area contributed by atoms with E-state index in [1.807, 2.05) is 0 Å². The minimum atomic E-state index is -2.53. The molecule has 0 aromatic rings. The van der Waals surface area contributed by atoms with Crippen LogP contribution in [0.3, 0.4) is 0 Å². The van der Waals surface area contributed by atoms with Gasteiger partial charge in [-0.05, 0) is 50.6 Å². The van der Waals surface area contributed by atoms with Crippen LogP contribution in [-0.2, 0) is 26.6 Å². The molecule has 0 heterocycles. The van der Waals surface area contributed by atoms with Crippen molar-refractivity contribution in [1.29, 1.82) is 0 Å². The standard InChI is InChI=1S/C12H27NO3Si.C11H27NO3Si/c1-14-17(15-2,16-3)11-7-10-13-12-8-5-4-6-9-12;1-7-10(8-11(2,3)9-12)16(13-4,14-5)15-6/h12-13H,4-11H2,1-3H3;10H,7-9,12H2,1-6H3. The van der Waals surface area contributed by atoms with Crippen LogP contribution in [0, 0.1) is 5.41 Å². The largest absolute Gasteiger partial charge is 0.503 e. The molecule has 1 saturated carbocycles. The maximum absolute atomic E-state index is 5.77. The van der Waals surface area contributed by atoms with Gasteiger partial charge >= 0.3 is 17.6 Å². The zero-order valence-corrected chi connectivity index (χ0v) is 25.0. The van der Waals surface area contributed by atoms with Crippen LogP contribution in [0.4, 0.5) is 0 Å². The third-order valence-electron chi connectivity index (χ3n) is 6.83. The van der Waals surface area contributed by atoms with E-state index in [0.29, 0.717) is 12.1 Å². The average Bonchev–Trinajstić information content (AvgIpc) is 2.86. The molecule has 200 valence electrons. The van der Waals surface area contributed by atoms with Gasteiger partial charge in [0.1, 0.15) is 0 Å². The summed E-state index contributed by atoms with van der Waals surface area (Å²) in [6.07, 6.45) is 9.83. The van der Waals surface area contributed by atoms with Crippen molar-refractivity contribution in [2.45, 2.75) is 89.8 Å². The highest BCUT2D eigenvalue weighted by Gasteiger charge is 2.47. The van der Waals surface area contributed by atoms with Crippen LogP contribution in [-0.4, -0.2) is 79.4 Å². The Hall–Kier alpha value is 0.114. The Kier molecular flexibility index (Phi) is 17.6. The summed E-state index contributed by atoms with van der Waals surface area (Å²) in [7, 11) is 5.14. The molecule has 0 aromatic carbocycles. The summed E-state index contributed by atoms with van der Waals surface area (Å²) >= 11 is 0. The Morgan fingerprint density at radius 2 is 1.39 bits per heavy atom. The van der Waals surface area contributed by atoms with E-state index in [0.717, 1.165) is 37.9 Å². The van der Waals surface area contributed by atoms with Crippen molar-refractivity contribution < 1.29 is 26.6 Å². The fourth-order valence-corrected chi connectivity index (χ4v) is 9.02. The quantitative estimate of drug-likeness (QED) is 0.236. The molecule has 0 saturated heterocycles. The van der Waals surface area contributed by atoms with E-state index in [9.17, 15) is 0 Å². The molecule has 10 heteroatoms. The maximum atomic E-state index is 5.77. The monoisotopic (exact) mass is 510 g/mol. The van der Waals surface area contributed by atoms with E-state index < -0.39 is 17.6 Å². The summed E-state index contributed by atoms with van der Waals surface area (Å²) in [6.45, 7) is 8.16. The number of rotatable bonds is 16. The van der Waals surface area contributed by atoms with Gasteiger partial charge in [-0.2, -0.15) is 0 Å². The van der Waals surface area contributed by atoms with Gasteiger partial charge in [0.2, 0.25) is 0 Å². The first-order chi connectivity index (χ1) is 15.7. The van der Waals surface area contributed by atoms with Crippen molar-refractivity contribution in [2.24, 2.45) is 11.1 Å². The van der Waals surface area contributed by atoms with Gasteiger partial charge < -0.3 is 37.6 Å². The Bertz CT molecular complexity index is 457. The Balaban J connectivity index is 0.000000622. The smallest absolute Gasteiger partial charge is 0.377 e. The fraction of sp³-hybridized carbons (Fsp3) is 1.00. The van der Waals surface area contributed by atoms with Gasteiger partial charge in [0.25, 0.3) is 0 Å². The second-order valence-corrected chi connectivity index (χ2v) is 15.9. The van der Waals surface area contributed by atoms with E-state index >= 15 is 0 Å². The lowest BCUT2D eigenvalue weighted by atomic mass is 9.87. The lowest BCUT2D eigenvalue weighted by Gasteiger charge is -2.36. The minimum Gasteiger partial charge on any atom is -0.377 e. The third-order valence-corrected chi connectivity index (χ3v) is 13.0. The van der Waals surface area contributed by atoms with Crippen LogP contribution in [0.5, 0.6) is 0 Å². The summed E-state index contributed by atoms with van der Waals surface area (Å²) < 4.78 is 32.8. The van der Waals surface area contributed by atoms with Crippen LogP contribution in [0.1, 0.15) is 72.1 Å². The zero-order valence-electron chi connectivity index (χ0n) is 23.0. The lowest BCUT2D eigenvalue weighted by Crippen LogP contribution is -2.49. The predicted octanol–water partition coefficient (Wildman–Crippen LogP) is 4.20. The van der Waals surface area contributed by atoms with Crippen LogP contribution in [0.25, 0.3) is 0 Å². The first kappa shape index (κ1) is 33.1. The first-order valence-corrected chi connectivity index (χ1v) is 16.1. The van der Waals surface area contributed by atoms with E-state index in [4.69, 9.17) is 32.3 Å². The van der Waals surface area contributed by atoms with Crippen LogP contribution in [0.15, 0.2) is 0 Å². The van der Waals surface area contributed by atoms with Gasteiger partial charge in [-0.3, -0.25) is 0 Å². The molecule has 8 nitrogen and oxygen atoms in total. The average molecular weight is 511 g/mol. The number of hydrogen-bond acceptors (Lipinski definition) is 8. The third kappa shape index (κ3) is 11.6. The molecular formula is C23H54N2O6Si2. The molecule has 0 aliphatic heterocycles. The number of nitrogens with one attached hydrogen (secondary N) is 1. The van der Waals surface area contributed by atoms with Gasteiger partial charge in [0.05, 0.1) is 0 Å². The summed E-state index contributed by atoms with van der Waals surface area (Å²) in [4.78, 5) is 0. The molecule has 0 bridgehead atoms. The van der Waals surface area contributed by atoms with E-state index in [2.05, 4.69) is 26.1 Å². The fourth-order valence-electron chi connectivity index (χ4n) is 4.49. The van der Waals surface area contributed by atoms with Crippen LogP contribution >= 0.6 is 0 Å². The summed E-state index contributed by atoms with van der Waals surface area (Å²) in [6, 6.07) is 1.61. The van der Waals surface area contributed by atoms with E-state index in [-0.39, 0.29) is 5.41 Å². The van der Waals surface area contributed by atoms with Gasteiger partial charge in [0.15, 0.2) is 0 Å². The molecule has 1 rings (SSSR count). The molecule has 0 aromatic heterocycles. The highest BCUT2D eigenvalue weighted by molar-refractivity contribution is 6.62. The molecule has 0 radical (unpaired) electrons. The Labute approximate surface area is 206 Å².